The molecular weight excluding hydrogens is 378 g/mol. The van der Waals surface area contributed by atoms with E-state index < -0.39 is 0 Å². The van der Waals surface area contributed by atoms with Crippen LogP contribution in [0.3, 0.4) is 0 Å². The van der Waals surface area contributed by atoms with Crippen molar-refractivity contribution in [3.05, 3.63) is 78.1 Å². The van der Waals surface area contributed by atoms with Crippen LogP contribution in [0.4, 0.5) is 0 Å². The van der Waals surface area contributed by atoms with Crippen molar-refractivity contribution in [1.29, 1.82) is 0 Å². The van der Waals surface area contributed by atoms with Crippen molar-refractivity contribution < 1.29 is 4.79 Å². The first-order chi connectivity index (χ1) is 14.7. The van der Waals surface area contributed by atoms with E-state index in [1.54, 1.807) is 23.3 Å². The van der Waals surface area contributed by atoms with Gasteiger partial charge in [0, 0.05) is 43.4 Å². The first-order valence-electron chi connectivity index (χ1n) is 9.92. The Bertz CT molecular complexity index is 1180. The maximum Gasteiger partial charge on any atom is 0.272 e. The van der Waals surface area contributed by atoms with Crippen LogP contribution >= 0.6 is 0 Å². The molecule has 0 radical (unpaired) electrons. The van der Waals surface area contributed by atoms with Crippen LogP contribution in [-0.4, -0.2) is 53.4 Å². The molecule has 30 heavy (non-hydrogen) atoms. The molecule has 0 saturated carbocycles. The zero-order chi connectivity index (χ0) is 20.5. The highest BCUT2D eigenvalue weighted by Gasteiger charge is 2.25. The summed E-state index contributed by atoms with van der Waals surface area (Å²) in [6, 6.07) is 15.6. The average molecular weight is 399 g/mol. The summed E-state index contributed by atoms with van der Waals surface area (Å²) >= 11 is 0. The number of carbonyl (C=O) groups excluding carboxylic acids is 1. The summed E-state index contributed by atoms with van der Waals surface area (Å²) in [7, 11) is 1.98. The molecule has 4 heterocycles. The molecule has 4 aromatic rings. The molecule has 0 saturated heterocycles. The van der Waals surface area contributed by atoms with Gasteiger partial charge in [-0.3, -0.25) is 14.0 Å². The summed E-state index contributed by atoms with van der Waals surface area (Å²) in [6.07, 6.45) is 4.67. The highest BCUT2D eigenvalue weighted by molar-refractivity contribution is 5.92. The minimum Gasteiger partial charge on any atom is -0.337 e. The number of aryl methyl sites for hydroxylation is 1. The van der Waals surface area contributed by atoms with Crippen molar-refractivity contribution >= 4 is 5.91 Å². The summed E-state index contributed by atoms with van der Waals surface area (Å²) in [5.74, 6) is 0.562. The molecule has 150 valence electrons. The Kier molecular flexibility index (Phi) is 4.59. The third-order valence-corrected chi connectivity index (χ3v) is 5.50. The molecule has 8 heteroatoms. The zero-order valence-electron chi connectivity index (χ0n) is 16.6. The second-order valence-electron chi connectivity index (χ2n) is 7.31. The number of carbonyl (C=O) groups is 1. The molecule has 0 aliphatic carbocycles. The molecule has 0 atom stereocenters. The molecule has 0 fully saturated rings. The second kappa shape index (κ2) is 7.55. The maximum absolute atomic E-state index is 13.2. The predicted molar refractivity (Wildman–Crippen MR) is 111 cm³/mol. The van der Waals surface area contributed by atoms with Gasteiger partial charge in [0.1, 0.15) is 24.2 Å². The van der Waals surface area contributed by atoms with Gasteiger partial charge >= 0.3 is 0 Å². The molecule has 1 amide bonds. The van der Waals surface area contributed by atoms with Crippen LogP contribution in [0.15, 0.2) is 61.2 Å². The monoisotopic (exact) mass is 399 g/mol. The molecule has 0 bridgehead atoms. The number of benzene rings is 1. The molecule has 0 spiro atoms. The molecule has 3 aromatic heterocycles. The van der Waals surface area contributed by atoms with Crippen LogP contribution in [0.1, 0.15) is 21.7 Å². The summed E-state index contributed by atoms with van der Waals surface area (Å²) in [6.45, 7) is 1.27. The second-order valence-corrected chi connectivity index (χ2v) is 7.31. The van der Waals surface area contributed by atoms with Gasteiger partial charge in [0.15, 0.2) is 0 Å². The highest BCUT2D eigenvalue weighted by atomic mass is 16.2. The first kappa shape index (κ1) is 18.2. The van der Waals surface area contributed by atoms with Gasteiger partial charge in [-0.15, -0.1) is 10.2 Å². The smallest absolute Gasteiger partial charge is 0.272 e. The zero-order valence-corrected chi connectivity index (χ0v) is 16.6. The lowest BCUT2D eigenvalue weighted by Gasteiger charge is -2.20. The van der Waals surface area contributed by atoms with Gasteiger partial charge in [0.25, 0.3) is 5.91 Å². The van der Waals surface area contributed by atoms with Crippen molar-refractivity contribution in [3.63, 3.8) is 0 Å². The first-order valence-corrected chi connectivity index (χ1v) is 9.92. The van der Waals surface area contributed by atoms with Crippen LogP contribution in [0.2, 0.25) is 0 Å². The third kappa shape index (κ3) is 3.26. The molecule has 8 nitrogen and oxygen atoms in total. The molecule has 0 unspecified atom stereocenters. The maximum atomic E-state index is 13.2. The van der Waals surface area contributed by atoms with Crippen molar-refractivity contribution in [1.82, 2.24) is 34.4 Å². The van der Waals surface area contributed by atoms with Gasteiger partial charge in [-0.1, -0.05) is 36.4 Å². The summed E-state index contributed by atoms with van der Waals surface area (Å²) < 4.78 is 3.64. The van der Waals surface area contributed by atoms with E-state index >= 15 is 0 Å². The Morgan fingerprint density at radius 1 is 0.933 bits per heavy atom. The molecule has 5 rings (SSSR count). The summed E-state index contributed by atoms with van der Waals surface area (Å²) in [5.41, 5.74) is 4.96. The van der Waals surface area contributed by atoms with Gasteiger partial charge < -0.3 is 4.90 Å². The van der Waals surface area contributed by atoms with E-state index in [1.165, 1.54) is 11.3 Å². The fraction of sp³-hybridized carbons (Fsp3) is 0.227. The standard InChI is InChI=1S/C22H21N7O/c1-27-19-11-13-28(12-10-17(19)21(26-27)16-6-3-2-4-7-16)22(30)18-8-5-9-20(25-18)29-14-23-24-15-29/h2-9,14-15H,10-13H2,1H3. The van der Waals surface area contributed by atoms with E-state index in [1.807, 2.05) is 47.0 Å². The van der Waals surface area contributed by atoms with Crippen LogP contribution in [-0.2, 0) is 19.9 Å². The van der Waals surface area contributed by atoms with Crippen LogP contribution < -0.4 is 0 Å². The lowest BCUT2D eigenvalue weighted by Crippen LogP contribution is -2.34. The molecule has 1 aromatic carbocycles. The average Bonchev–Trinajstić information content (AvgIpc) is 3.37. The van der Waals surface area contributed by atoms with Gasteiger partial charge in [0.2, 0.25) is 0 Å². The van der Waals surface area contributed by atoms with E-state index in [9.17, 15) is 4.79 Å². The summed E-state index contributed by atoms with van der Waals surface area (Å²) in [5, 5.41) is 12.4. The van der Waals surface area contributed by atoms with Gasteiger partial charge in [-0.2, -0.15) is 5.10 Å². The lowest BCUT2D eigenvalue weighted by atomic mass is 10.0. The van der Waals surface area contributed by atoms with Gasteiger partial charge in [-0.25, -0.2) is 4.98 Å². The number of amides is 1. The number of nitrogens with zero attached hydrogens (tertiary/aromatic N) is 7. The summed E-state index contributed by atoms with van der Waals surface area (Å²) in [4.78, 5) is 19.6. The van der Waals surface area contributed by atoms with Crippen LogP contribution in [0.5, 0.6) is 0 Å². The largest absolute Gasteiger partial charge is 0.337 e. The van der Waals surface area contributed by atoms with E-state index in [2.05, 4.69) is 27.3 Å². The fourth-order valence-corrected chi connectivity index (χ4v) is 3.98. The highest BCUT2D eigenvalue weighted by Crippen LogP contribution is 2.28. The third-order valence-electron chi connectivity index (χ3n) is 5.50. The Morgan fingerprint density at radius 2 is 1.70 bits per heavy atom. The van der Waals surface area contributed by atoms with Crippen molar-refractivity contribution in [2.24, 2.45) is 7.05 Å². The molecule has 1 aliphatic rings. The Balaban J connectivity index is 1.40. The van der Waals surface area contributed by atoms with E-state index in [0.717, 1.165) is 24.1 Å². The predicted octanol–water partition coefficient (Wildman–Crippen LogP) is 2.30. The lowest BCUT2D eigenvalue weighted by molar-refractivity contribution is 0.0756. The number of hydrogen-bond donors (Lipinski definition) is 0. The van der Waals surface area contributed by atoms with Gasteiger partial charge in [0.05, 0.1) is 5.69 Å². The van der Waals surface area contributed by atoms with Crippen LogP contribution in [0.25, 0.3) is 17.1 Å². The topological polar surface area (TPSA) is 81.7 Å². The van der Waals surface area contributed by atoms with Crippen molar-refractivity contribution in [2.75, 3.05) is 13.1 Å². The van der Waals surface area contributed by atoms with Crippen molar-refractivity contribution in [2.45, 2.75) is 12.8 Å². The van der Waals surface area contributed by atoms with Crippen LogP contribution in [0, 0.1) is 0 Å². The number of rotatable bonds is 3. The Hall–Kier alpha value is -3.81. The van der Waals surface area contributed by atoms with E-state index in [4.69, 9.17) is 5.10 Å². The Labute approximate surface area is 173 Å². The minimum absolute atomic E-state index is 0.0630. The quantitative estimate of drug-likeness (QED) is 0.528. The molecule has 0 N–H and O–H groups in total. The SMILES string of the molecule is Cn1nc(-c2ccccc2)c2c1CCN(C(=O)c1cccc(-n3cnnc3)n1)CC2. The van der Waals surface area contributed by atoms with Crippen molar-refractivity contribution in [3.8, 4) is 17.1 Å². The van der Waals surface area contributed by atoms with E-state index in [-0.39, 0.29) is 5.91 Å². The fourth-order valence-electron chi connectivity index (χ4n) is 3.98. The van der Waals surface area contributed by atoms with E-state index in [0.29, 0.717) is 24.6 Å². The Morgan fingerprint density at radius 3 is 2.50 bits per heavy atom. The number of hydrogen-bond acceptors (Lipinski definition) is 5. The molecule has 1 aliphatic heterocycles. The normalized spacial score (nSPS) is 13.7. The molecular formula is C22H21N7O. The minimum atomic E-state index is -0.0630. The number of aromatic nitrogens is 6. The number of pyridine rings is 1. The van der Waals surface area contributed by atoms with Gasteiger partial charge in [-0.05, 0) is 18.6 Å². The number of fused-ring (bicyclic) bond motifs is 1.